The second-order valence-electron chi connectivity index (χ2n) is 7.03. The summed E-state index contributed by atoms with van der Waals surface area (Å²) in [5.41, 5.74) is 6.37. The molecule has 28 heavy (non-hydrogen) atoms. The SMILES string of the molecule is CC1CCc2c(C#N)ccc(Nc3ccc4[nH]nc(-c5cnco5)c4c3)c2N1. The predicted molar refractivity (Wildman–Crippen MR) is 107 cm³/mol. The molecule has 2 aromatic heterocycles. The van der Waals surface area contributed by atoms with Gasteiger partial charge in [0.05, 0.1) is 34.7 Å². The fraction of sp³-hybridized carbons (Fsp3) is 0.190. The first-order valence-corrected chi connectivity index (χ1v) is 9.19. The van der Waals surface area contributed by atoms with Gasteiger partial charge in [-0.15, -0.1) is 0 Å². The number of rotatable bonds is 3. The van der Waals surface area contributed by atoms with Gasteiger partial charge in [-0.25, -0.2) is 4.98 Å². The number of aromatic amines is 1. The van der Waals surface area contributed by atoms with Crippen molar-refractivity contribution in [3.05, 3.63) is 54.0 Å². The Hall–Kier alpha value is -3.79. The summed E-state index contributed by atoms with van der Waals surface area (Å²) in [6, 6.07) is 12.5. The first kappa shape index (κ1) is 16.4. The van der Waals surface area contributed by atoms with Crippen LogP contribution < -0.4 is 10.6 Å². The maximum atomic E-state index is 9.43. The lowest BCUT2D eigenvalue weighted by Crippen LogP contribution is -2.23. The van der Waals surface area contributed by atoms with E-state index in [0.717, 1.165) is 57.6 Å². The van der Waals surface area contributed by atoms with E-state index in [-0.39, 0.29) is 0 Å². The third-order valence-electron chi connectivity index (χ3n) is 5.16. The Morgan fingerprint density at radius 1 is 1.29 bits per heavy atom. The molecule has 1 unspecified atom stereocenters. The quantitative estimate of drug-likeness (QED) is 0.488. The zero-order chi connectivity index (χ0) is 19.1. The normalized spacial score (nSPS) is 15.6. The van der Waals surface area contributed by atoms with Gasteiger partial charge in [0.1, 0.15) is 5.69 Å². The molecule has 0 spiro atoms. The number of H-pyrrole nitrogens is 1. The zero-order valence-corrected chi connectivity index (χ0v) is 15.3. The summed E-state index contributed by atoms with van der Waals surface area (Å²) in [6.07, 6.45) is 4.97. The minimum absolute atomic E-state index is 0.372. The van der Waals surface area contributed by atoms with E-state index in [9.17, 15) is 5.26 Å². The van der Waals surface area contributed by atoms with E-state index in [2.05, 4.69) is 38.8 Å². The van der Waals surface area contributed by atoms with Crippen molar-refractivity contribution in [2.75, 3.05) is 10.6 Å². The lowest BCUT2D eigenvalue weighted by Gasteiger charge is -2.27. The van der Waals surface area contributed by atoms with Gasteiger partial charge in [-0.05, 0) is 55.7 Å². The molecule has 0 saturated heterocycles. The van der Waals surface area contributed by atoms with E-state index in [1.165, 1.54) is 6.39 Å². The van der Waals surface area contributed by atoms with E-state index in [1.807, 2.05) is 30.3 Å². The summed E-state index contributed by atoms with van der Waals surface area (Å²) < 4.78 is 5.40. The van der Waals surface area contributed by atoms with Gasteiger partial charge in [0.15, 0.2) is 12.2 Å². The Kier molecular flexibility index (Phi) is 3.76. The number of nitriles is 1. The van der Waals surface area contributed by atoms with Crippen molar-refractivity contribution in [3.63, 3.8) is 0 Å². The molecule has 138 valence electrons. The zero-order valence-electron chi connectivity index (χ0n) is 15.3. The third kappa shape index (κ3) is 2.67. The Labute approximate surface area is 161 Å². The van der Waals surface area contributed by atoms with Crippen LogP contribution in [-0.2, 0) is 6.42 Å². The van der Waals surface area contributed by atoms with Crippen LogP contribution in [0.5, 0.6) is 0 Å². The summed E-state index contributed by atoms with van der Waals surface area (Å²) in [4.78, 5) is 3.98. The lowest BCUT2D eigenvalue weighted by molar-refractivity contribution is 0.570. The number of nitrogens with zero attached hydrogens (tertiary/aromatic N) is 3. The van der Waals surface area contributed by atoms with Crippen LogP contribution in [0.15, 0.2) is 47.3 Å². The Balaban J connectivity index is 1.56. The minimum Gasteiger partial charge on any atom is -0.442 e. The molecule has 0 amide bonds. The van der Waals surface area contributed by atoms with E-state index >= 15 is 0 Å². The molecule has 2 aromatic carbocycles. The van der Waals surface area contributed by atoms with E-state index in [4.69, 9.17) is 4.42 Å². The largest absolute Gasteiger partial charge is 0.442 e. The molecule has 7 heteroatoms. The van der Waals surface area contributed by atoms with Crippen LogP contribution in [0.2, 0.25) is 0 Å². The molecule has 0 radical (unpaired) electrons. The van der Waals surface area contributed by atoms with Crippen LogP contribution >= 0.6 is 0 Å². The monoisotopic (exact) mass is 370 g/mol. The predicted octanol–water partition coefficient (Wildman–Crippen LogP) is 4.58. The molecule has 1 aliphatic rings. The topological polar surface area (TPSA) is 103 Å². The molecule has 0 saturated carbocycles. The maximum absolute atomic E-state index is 9.43. The number of anilines is 3. The minimum atomic E-state index is 0.372. The van der Waals surface area contributed by atoms with E-state index in [1.54, 1.807) is 6.20 Å². The summed E-state index contributed by atoms with van der Waals surface area (Å²) in [5, 5.41) is 24.8. The number of benzene rings is 2. The van der Waals surface area contributed by atoms with Crippen LogP contribution in [0, 0.1) is 11.3 Å². The van der Waals surface area contributed by atoms with Crippen molar-refractivity contribution in [1.82, 2.24) is 15.2 Å². The maximum Gasteiger partial charge on any atom is 0.181 e. The summed E-state index contributed by atoms with van der Waals surface area (Å²) in [7, 11) is 0. The molecule has 3 N–H and O–H groups in total. The van der Waals surface area contributed by atoms with Gasteiger partial charge < -0.3 is 15.1 Å². The average Bonchev–Trinajstić information content (AvgIpc) is 3.37. The van der Waals surface area contributed by atoms with Crippen molar-refractivity contribution in [3.8, 4) is 17.5 Å². The number of hydrogen-bond acceptors (Lipinski definition) is 6. The number of aromatic nitrogens is 3. The highest BCUT2D eigenvalue weighted by atomic mass is 16.3. The molecule has 7 nitrogen and oxygen atoms in total. The lowest BCUT2D eigenvalue weighted by atomic mass is 9.93. The highest BCUT2D eigenvalue weighted by molar-refractivity contribution is 5.94. The second-order valence-corrected chi connectivity index (χ2v) is 7.03. The van der Waals surface area contributed by atoms with E-state index in [0.29, 0.717) is 11.8 Å². The molecular formula is C21H18N6O. The van der Waals surface area contributed by atoms with Gasteiger partial charge in [0.2, 0.25) is 0 Å². The molecule has 1 aliphatic heterocycles. The van der Waals surface area contributed by atoms with Crippen LogP contribution in [0.4, 0.5) is 17.1 Å². The number of oxazole rings is 1. The average molecular weight is 370 g/mol. The van der Waals surface area contributed by atoms with Crippen LogP contribution in [0.1, 0.15) is 24.5 Å². The van der Waals surface area contributed by atoms with Crippen molar-refractivity contribution in [1.29, 1.82) is 5.26 Å². The standard InChI is InChI=1S/C21H18N6O/c1-12-2-5-15-13(9-22)3-6-18(20(15)24-12)25-14-4-7-17-16(8-14)21(27-26-17)19-10-23-11-28-19/h3-4,6-8,10-12,24-25H,2,5H2,1H3,(H,26,27). The Bertz CT molecular complexity index is 1200. The van der Waals surface area contributed by atoms with Gasteiger partial charge in [-0.1, -0.05) is 0 Å². The first-order chi connectivity index (χ1) is 13.7. The molecule has 0 fully saturated rings. The second kappa shape index (κ2) is 6.43. The molecule has 1 atom stereocenters. The van der Waals surface area contributed by atoms with Crippen LogP contribution in [0.25, 0.3) is 22.4 Å². The molecule has 3 heterocycles. The number of hydrogen-bond donors (Lipinski definition) is 3. The molecular weight excluding hydrogens is 352 g/mol. The Morgan fingerprint density at radius 2 is 2.21 bits per heavy atom. The van der Waals surface area contributed by atoms with Crippen LogP contribution in [-0.4, -0.2) is 21.2 Å². The molecule has 4 aromatic rings. The molecule has 0 bridgehead atoms. The smallest absolute Gasteiger partial charge is 0.181 e. The van der Waals surface area contributed by atoms with Crippen molar-refractivity contribution < 1.29 is 4.42 Å². The summed E-state index contributed by atoms with van der Waals surface area (Å²) >= 11 is 0. The van der Waals surface area contributed by atoms with Gasteiger partial charge in [-0.2, -0.15) is 10.4 Å². The number of fused-ring (bicyclic) bond motifs is 2. The third-order valence-corrected chi connectivity index (χ3v) is 5.16. The fourth-order valence-corrected chi connectivity index (χ4v) is 3.73. The van der Waals surface area contributed by atoms with Crippen molar-refractivity contribution in [2.45, 2.75) is 25.8 Å². The molecule has 0 aliphatic carbocycles. The highest BCUT2D eigenvalue weighted by Gasteiger charge is 2.21. The first-order valence-electron chi connectivity index (χ1n) is 9.19. The van der Waals surface area contributed by atoms with Crippen molar-refractivity contribution >= 4 is 28.0 Å². The van der Waals surface area contributed by atoms with Gasteiger partial charge in [0, 0.05) is 17.1 Å². The molecule has 5 rings (SSSR count). The van der Waals surface area contributed by atoms with Crippen LogP contribution in [0.3, 0.4) is 0 Å². The Morgan fingerprint density at radius 3 is 3.04 bits per heavy atom. The van der Waals surface area contributed by atoms with Gasteiger partial charge in [0.25, 0.3) is 0 Å². The fourth-order valence-electron chi connectivity index (χ4n) is 3.73. The summed E-state index contributed by atoms with van der Waals surface area (Å²) in [5.74, 6) is 0.620. The summed E-state index contributed by atoms with van der Waals surface area (Å²) in [6.45, 7) is 2.16. The van der Waals surface area contributed by atoms with Gasteiger partial charge in [-0.3, -0.25) is 5.10 Å². The van der Waals surface area contributed by atoms with Crippen molar-refractivity contribution in [2.24, 2.45) is 0 Å². The highest BCUT2D eigenvalue weighted by Crippen LogP contribution is 2.37. The number of nitrogens with one attached hydrogen (secondary N) is 3. The van der Waals surface area contributed by atoms with E-state index < -0.39 is 0 Å². The van der Waals surface area contributed by atoms with Gasteiger partial charge >= 0.3 is 0 Å².